The van der Waals surface area contributed by atoms with Gasteiger partial charge in [-0.3, -0.25) is 9.48 Å². The van der Waals surface area contributed by atoms with Crippen LogP contribution in [0.25, 0.3) is 5.76 Å². The summed E-state index contributed by atoms with van der Waals surface area (Å²) in [6, 6.07) is 0. The summed E-state index contributed by atoms with van der Waals surface area (Å²) in [6.45, 7) is 13.8. The molecular weight excluding hydrogens is 424 g/mol. The minimum Gasteiger partial charge on any atom is -0.494 e. The highest BCUT2D eigenvalue weighted by Crippen LogP contribution is 2.68. The van der Waals surface area contributed by atoms with E-state index in [0.29, 0.717) is 41.9 Å². The Morgan fingerprint density at radius 1 is 1.12 bits per heavy atom. The highest BCUT2D eigenvalue weighted by molar-refractivity contribution is 5.82. The molecule has 0 spiro atoms. The molecular formula is C29H44N2O3. The van der Waals surface area contributed by atoms with Crippen LogP contribution < -0.4 is 0 Å². The lowest BCUT2D eigenvalue weighted by Crippen LogP contribution is -2.55. The predicted molar refractivity (Wildman–Crippen MR) is 134 cm³/mol. The Kier molecular flexibility index (Phi) is 6.02. The monoisotopic (exact) mass is 468 g/mol. The zero-order valence-corrected chi connectivity index (χ0v) is 21.7. The van der Waals surface area contributed by atoms with Gasteiger partial charge < -0.3 is 9.84 Å². The van der Waals surface area contributed by atoms with Crippen molar-refractivity contribution in [2.45, 2.75) is 97.6 Å². The molecule has 0 bridgehead atoms. The Bertz CT molecular complexity index is 951. The number of hydrogen-bond donors (Lipinski definition) is 1. The van der Waals surface area contributed by atoms with E-state index in [0.717, 1.165) is 43.1 Å². The number of fused-ring (bicyclic) bond motifs is 5. The lowest BCUT2D eigenvalue weighted by Gasteiger charge is -2.61. The highest BCUT2D eigenvalue weighted by Gasteiger charge is 2.61. The van der Waals surface area contributed by atoms with Crippen molar-refractivity contribution in [3.05, 3.63) is 24.5 Å². The Labute approximate surface area is 205 Å². The summed E-state index contributed by atoms with van der Waals surface area (Å²) in [4.78, 5) is 13.6. The maximum absolute atomic E-state index is 13.6. The quantitative estimate of drug-likeness (QED) is 0.530. The fraction of sp³-hybridized carbons (Fsp3) is 0.793. The standard InChI is InChI=1S/C29H44N2O3/c1-6-34-19(2)20-16-30-31(17-20)18-26(32)25-10-9-23-22-8-7-21-15-27(3,33)13-14-28(21,4)24(22)11-12-29(23,25)5/h16-17,21-25,33H,2,6-15,18H2,1,3-5H3/t21-,22-,23-,24-,25+,27+,28-,29-/m0/s1. The van der Waals surface area contributed by atoms with Crippen LogP contribution in [-0.4, -0.2) is 32.9 Å². The van der Waals surface area contributed by atoms with Crippen LogP contribution in [0.2, 0.25) is 0 Å². The average Bonchev–Trinajstić information content (AvgIpc) is 3.38. The molecule has 34 heavy (non-hydrogen) atoms. The normalized spacial score (nSPS) is 43.5. The molecule has 5 nitrogen and oxygen atoms in total. The molecule has 188 valence electrons. The predicted octanol–water partition coefficient (Wildman–Crippen LogP) is 5.87. The number of nitrogens with zero attached hydrogens (tertiary/aromatic N) is 2. The van der Waals surface area contributed by atoms with E-state index in [9.17, 15) is 9.90 Å². The summed E-state index contributed by atoms with van der Waals surface area (Å²) in [5.74, 6) is 3.90. The molecule has 1 aromatic heterocycles. The Morgan fingerprint density at radius 2 is 1.88 bits per heavy atom. The zero-order valence-electron chi connectivity index (χ0n) is 21.7. The second-order valence-electron chi connectivity index (χ2n) is 12.8. The summed E-state index contributed by atoms with van der Waals surface area (Å²) >= 11 is 0. The topological polar surface area (TPSA) is 64.4 Å². The van der Waals surface area contributed by atoms with Gasteiger partial charge in [-0.2, -0.15) is 5.10 Å². The first-order chi connectivity index (χ1) is 16.1. The van der Waals surface area contributed by atoms with Crippen molar-refractivity contribution in [1.82, 2.24) is 9.78 Å². The van der Waals surface area contributed by atoms with Gasteiger partial charge in [-0.1, -0.05) is 20.4 Å². The first-order valence-electron chi connectivity index (χ1n) is 13.7. The number of carbonyl (C=O) groups is 1. The van der Waals surface area contributed by atoms with E-state index in [1.165, 1.54) is 32.1 Å². The molecule has 0 radical (unpaired) electrons. The van der Waals surface area contributed by atoms with Gasteiger partial charge in [-0.15, -0.1) is 0 Å². The van der Waals surface area contributed by atoms with Crippen molar-refractivity contribution in [2.75, 3.05) is 6.61 Å². The second-order valence-corrected chi connectivity index (χ2v) is 12.8. The van der Waals surface area contributed by atoms with Crippen LogP contribution in [-0.2, 0) is 16.1 Å². The third kappa shape index (κ3) is 3.86. The molecule has 0 aliphatic heterocycles. The first-order valence-corrected chi connectivity index (χ1v) is 13.7. The van der Waals surface area contributed by atoms with Gasteiger partial charge in [0.25, 0.3) is 0 Å². The van der Waals surface area contributed by atoms with Crippen LogP contribution in [0.3, 0.4) is 0 Å². The molecule has 0 unspecified atom stereocenters. The Hall–Kier alpha value is -1.62. The van der Waals surface area contributed by atoms with Gasteiger partial charge in [-0.05, 0) is 106 Å². The third-order valence-electron chi connectivity index (χ3n) is 10.9. The van der Waals surface area contributed by atoms with Crippen molar-refractivity contribution in [3.63, 3.8) is 0 Å². The molecule has 4 aliphatic carbocycles. The molecule has 1 N–H and O–H groups in total. The number of ketones is 1. The molecule has 5 rings (SSSR count). The fourth-order valence-electron chi connectivity index (χ4n) is 9.08. The maximum Gasteiger partial charge on any atom is 0.157 e. The molecule has 8 atom stereocenters. The SMILES string of the molecule is C=C(OCC)c1cnn(CC(=O)[C@H]2CC[C@H]3[C@@H]4CC[C@H]5C[C@](C)(O)CC[C@]5(C)[C@H]4CC[C@]23C)c1. The third-order valence-corrected chi connectivity index (χ3v) is 10.9. The van der Waals surface area contributed by atoms with Gasteiger partial charge in [0.1, 0.15) is 5.76 Å². The fourth-order valence-corrected chi connectivity index (χ4v) is 9.08. The van der Waals surface area contributed by atoms with Gasteiger partial charge in [-0.25, -0.2) is 0 Å². The lowest BCUT2D eigenvalue weighted by molar-refractivity contribution is -0.151. The summed E-state index contributed by atoms with van der Waals surface area (Å²) in [7, 11) is 0. The van der Waals surface area contributed by atoms with Crippen LogP contribution in [0.1, 0.15) is 91.0 Å². The Morgan fingerprint density at radius 3 is 2.65 bits per heavy atom. The van der Waals surface area contributed by atoms with Gasteiger partial charge in [0.2, 0.25) is 0 Å². The smallest absolute Gasteiger partial charge is 0.157 e. The van der Waals surface area contributed by atoms with Crippen molar-refractivity contribution in [3.8, 4) is 0 Å². The van der Waals surface area contributed by atoms with E-state index < -0.39 is 5.60 Å². The van der Waals surface area contributed by atoms with Crippen molar-refractivity contribution in [2.24, 2.45) is 40.4 Å². The van der Waals surface area contributed by atoms with Gasteiger partial charge in [0.15, 0.2) is 5.78 Å². The van der Waals surface area contributed by atoms with E-state index in [1.807, 2.05) is 20.0 Å². The minimum atomic E-state index is -0.480. The molecule has 0 amide bonds. The number of Topliss-reactive ketones (excluding diaryl/α,β-unsaturated/α-hetero) is 1. The van der Waals surface area contributed by atoms with Crippen molar-refractivity contribution >= 4 is 11.5 Å². The number of hydrogen-bond acceptors (Lipinski definition) is 4. The number of ether oxygens (including phenoxy) is 1. The first kappa shape index (κ1) is 24.1. The van der Waals surface area contributed by atoms with Crippen LogP contribution in [0, 0.1) is 40.4 Å². The van der Waals surface area contributed by atoms with E-state index in [2.05, 4.69) is 25.5 Å². The summed E-state index contributed by atoms with van der Waals surface area (Å²) in [5.41, 5.74) is 0.851. The van der Waals surface area contributed by atoms with Crippen LogP contribution in [0.5, 0.6) is 0 Å². The summed E-state index contributed by atoms with van der Waals surface area (Å²) < 4.78 is 7.26. The average molecular weight is 469 g/mol. The summed E-state index contributed by atoms with van der Waals surface area (Å²) in [6.07, 6.45) is 13.9. The zero-order chi connectivity index (χ0) is 24.3. The largest absolute Gasteiger partial charge is 0.494 e. The maximum atomic E-state index is 13.6. The van der Waals surface area contributed by atoms with E-state index in [-0.39, 0.29) is 11.3 Å². The molecule has 4 aliphatic rings. The highest BCUT2D eigenvalue weighted by atomic mass is 16.5. The number of aliphatic hydroxyl groups is 1. The van der Waals surface area contributed by atoms with Gasteiger partial charge >= 0.3 is 0 Å². The summed E-state index contributed by atoms with van der Waals surface area (Å²) in [5, 5.41) is 15.2. The number of rotatable bonds is 6. The molecule has 0 saturated heterocycles. The lowest BCUT2D eigenvalue weighted by atomic mass is 9.44. The van der Waals surface area contributed by atoms with E-state index >= 15 is 0 Å². The molecule has 4 fully saturated rings. The molecule has 0 aromatic carbocycles. The molecule has 1 aromatic rings. The van der Waals surface area contributed by atoms with Crippen LogP contribution in [0.4, 0.5) is 0 Å². The van der Waals surface area contributed by atoms with Crippen LogP contribution in [0.15, 0.2) is 19.0 Å². The van der Waals surface area contributed by atoms with E-state index in [1.54, 1.807) is 10.9 Å². The molecule has 1 heterocycles. The van der Waals surface area contributed by atoms with Crippen molar-refractivity contribution < 1.29 is 14.6 Å². The van der Waals surface area contributed by atoms with Gasteiger partial charge in [0.05, 0.1) is 30.5 Å². The Balaban J connectivity index is 1.29. The van der Waals surface area contributed by atoms with Crippen molar-refractivity contribution in [1.29, 1.82) is 0 Å². The van der Waals surface area contributed by atoms with Gasteiger partial charge in [0, 0.05) is 12.1 Å². The molecule has 5 heteroatoms. The minimum absolute atomic E-state index is 0.118. The van der Waals surface area contributed by atoms with E-state index in [4.69, 9.17) is 4.74 Å². The molecule has 4 saturated carbocycles. The van der Waals surface area contributed by atoms with Crippen LogP contribution >= 0.6 is 0 Å². The number of carbonyl (C=O) groups excluding carboxylic acids is 1. The number of aromatic nitrogens is 2. The second kappa shape index (κ2) is 8.50.